The van der Waals surface area contributed by atoms with Crippen LogP contribution < -0.4 is 0 Å². The SMILES string of the molecule is CC[C@@H]1SC2=NC(C)=C(C(=O)OCC(C)C)[C@H](c3cccc(Cl)c3)N2C1=O. The van der Waals surface area contributed by atoms with Crippen LogP contribution in [-0.4, -0.2) is 33.8 Å². The lowest BCUT2D eigenvalue weighted by Gasteiger charge is -2.33. The number of carbonyl (C=O) groups is 2. The molecule has 2 atom stereocenters. The molecule has 0 bridgehead atoms. The lowest BCUT2D eigenvalue weighted by molar-refractivity contribution is -0.141. The molecule has 0 radical (unpaired) electrons. The molecule has 1 fully saturated rings. The van der Waals surface area contributed by atoms with Gasteiger partial charge in [-0.1, -0.05) is 56.3 Å². The fourth-order valence-electron chi connectivity index (χ4n) is 3.16. The van der Waals surface area contributed by atoms with Gasteiger partial charge >= 0.3 is 5.97 Å². The van der Waals surface area contributed by atoms with Gasteiger partial charge in [-0.2, -0.15) is 0 Å². The first-order valence-electron chi connectivity index (χ1n) is 9.05. The molecule has 0 saturated carbocycles. The monoisotopic (exact) mass is 406 g/mol. The normalized spacial score (nSPS) is 22.2. The van der Waals surface area contributed by atoms with Crippen LogP contribution in [-0.2, 0) is 14.3 Å². The van der Waals surface area contributed by atoms with Gasteiger partial charge < -0.3 is 4.74 Å². The Morgan fingerprint density at radius 1 is 1.41 bits per heavy atom. The third kappa shape index (κ3) is 3.92. The Hall–Kier alpha value is -1.79. The average Bonchev–Trinajstić information content (AvgIpc) is 2.93. The van der Waals surface area contributed by atoms with Crippen molar-refractivity contribution in [2.24, 2.45) is 10.9 Å². The smallest absolute Gasteiger partial charge is 0.338 e. The van der Waals surface area contributed by atoms with Crippen molar-refractivity contribution in [1.29, 1.82) is 0 Å². The van der Waals surface area contributed by atoms with E-state index >= 15 is 0 Å². The first-order valence-corrected chi connectivity index (χ1v) is 10.3. The first kappa shape index (κ1) is 20.0. The topological polar surface area (TPSA) is 59.0 Å². The van der Waals surface area contributed by atoms with Crippen LogP contribution >= 0.6 is 23.4 Å². The number of amidine groups is 1. The van der Waals surface area contributed by atoms with Gasteiger partial charge in [0.05, 0.1) is 29.2 Å². The van der Waals surface area contributed by atoms with Crippen LogP contribution in [0.1, 0.15) is 45.7 Å². The number of carbonyl (C=O) groups excluding carboxylic acids is 2. The summed E-state index contributed by atoms with van der Waals surface area (Å²) in [4.78, 5) is 32.1. The van der Waals surface area contributed by atoms with E-state index in [-0.39, 0.29) is 17.1 Å². The van der Waals surface area contributed by atoms with E-state index in [0.717, 1.165) is 5.56 Å². The van der Waals surface area contributed by atoms with Gasteiger partial charge in [-0.05, 0) is 37.0 Å². The molecule has 0 N–H and O–H groups in total. The van der Waals surface area contributed by atoms with Crippen molar-refractivity contribution in [3.63, 3.8) is 0 Å². The molecule has 1 amide bonds. The highest BCUT2D eigenvalue weighted by atomic mass is 35.5. The second-order valence-electron chi connectivity index (χ2n) is 7.07. The second-order valence-corrected chi connectivity index (χ2v) is 8.67. The summed E-state index contributed by atoms with van der Waals surface area (Å²) >= 11 is 7.64. The third-order valence-electron chi connectivity index (χ3n) is 4.45. The lowest BCUT2D eigenvalue weighted by Crippen LogP contribution is -2.41. The number of benzene rings is 1. The summed E-state index contributed by atoms with van der Waals surface area (Å²) < 4.78 is 5.49. The van der Waals surface area contributed by atoms with Gasteiger partial charge in [0, 0.05) is 5.02 Å². The van der Waals surface area contributed by atoms with E-state index in [4.69, 9.17) is 16.3 Å². The molecule has 5 nitrogen and oxygen atoms in total. The van der Waals surface area contributed by atoms with E-state index in [1.54, 1.807) is 24.0 Å². The number of esters is 1. The van der Waals surface area contributed by atoms with Gasteiger partial charge in [0.25, 0.3) is 0 Å². The maximum Gasteiger partial charge on any atom is 0.338 e. The number of nitrogens with zero attached hydrogens (tertiary/aromatic N) is 2. The fourth-order valence-corrected chi connectivity index (χ4v) is 4.50. The average molecular weight is 407 g/mol. The number of fused-ring (bicyclic) bond motifs is 1. The summed E-state index contributed by atoms with van der Waals surface area (Å²) in [5, 5.41) is 0.995. The van der Waals surface area contributed by atoms with Crippen molar-refractivity contribution < 1.29 is 14.3 Å². The highest BCUT2D eigenvalue weighted by Crippen LogP contribution is 2.44. The number of halogens is 1. The van der Waals surface area contributed by atoms with Crippen molar-refractivity contribution in [3.8, 4) is 0 Å². The molecule has 144 valence electrons. The van der Waals surface area contributed by atoms with Crippen LogP contribution in [0, 0.1) is 5.92 Å². The third-order valence-corrected chi connectivity index (χ3v) is 6.01. The molecule has 0 spiro atoms. The van der Waals surface area contributed by atoms with E-state index in [1.807, 2.05) is 32.9 Å². The Morgan fingerprint density at radius 2 is 2.15 bits per heavy atom. The minimum Gasteiger partial charge on any atom is -0.462 e. The summed E-state index contributed by atoms with van der Waals surface area (Å²) in [6.45, 7) is 8.03. The predicted octanol–water partition coefficient (Wildman–Crippen LogP) is 4.58. The standard InChI is InChI=1S/C20H23ClN2O3S/c1-5-15-18(24)23-17(13-7-6-8-14(21)9-13)16(12(4)22-20(23)27-15)19(25)26-10-11(2)3/h6-9,11,15,17H,5,10H2,1-4H3/t15-,17-/m0/s1. The fraction of sp³-hybridized carbons (Fsp3) is 0.450. The Bertz CT molecular complexity index is 834. The van der Waals surface area contributed by atoms with Gasteiger partial charge in [0.15, 0.2) is 5.17 Å². The zero-order valence-electron chi connectivity index (χ0n) is 15.9. The number of rotatable bonds is 5. The summed E-state index contributed by atoms with van der Waals surface area (Å²) in [5.41, 5.74) is 1.75. The van der Waals surface area contributed by atoms with Gasteiger partial charge in [-0.3, -0.25) is 9.69 Å². The van der Waals surface area contributed by atoms with E-state index < -0.39 is 12.0 Å². The van der Waals surface area contributed by atoms with Crippen molar-refractivity contribution >= 4 is 40.4 Å². The van der Waals surface area contributed by atoms with Crippen LogP contribution in [0.25, 0.3) is 0 Å². The van der Waals surface area contributed by atoms with Gasteiger partial charge in [0.2, 0.25) is 5.91 Å². The maximum absolute atomic E-state index is 13.0. The Labute approximate surface area is 168 Å². The summed E-state index contributed by atoms with van der Waals surface area (Å²) in [6, 6.07) is 6.67. The molecule has 2 heterocycles. The van der Waals surface area contributed by atoms with Crippen LogP contribution in [0.4, 0.5) is 0 Å². The number of amides is 1. The quantitative estimate of drug-likeness (QED) is 0.671. The number of allylic oxidation sites excluding steroid dienone is 1. The lowest BCUT2D eigenvalue weighted by atomic mass is 9.94. The number of thioether (sulfide) groups is 1. The predicted molar refractivity (Wildman–Crippen MR) is 109 cm³/mol. The first-order chi connectivity index (χ1) is 12.8. The number of ether oxygens (including phenoxy) is 1. The van der Waals surface area contributed by atoms with E-state index in [2.05, 4.69) is 4.99 Å². The molecular formula is C20H23ClN2O3S. The maximum atomic E-state index is 13.0. The Kier molecular flexibility index (Phi) is 5.96. The number of hydrogen-bond acceptors (Lipinski definition) is 5. The van der Waals surface area contributed by atoms with Crippen molar-refractivity contribution in [2.75, 3.05) is 6.61 Å². The van der Waals surface area contributed by atoms with E-state index in [1.165, 1.54) is 11.8 Å². The molecule has 0 aliphatic carbocycles. The summed E-state index contributed by atoms with van der Waals surface area (Å²) in [6.07, 6.45) is 0.702. The molecule has 0 unspecified atom stereocenters. The molecule has 1 saturated heterocycles. The van der Waals surface area contributed by atoms with Crippen molar-refractivity contribution in [3.05, 3.63) is 46.1 Å². The molecule has 1 aromatic carbocycles. The molecule has 2 aliphatic heterocycles. The van der Waals surface area contributed by atoms with Crippen molar-refractivity contribution in [2.45, 2.75) is 45.4 Å². The van der Waals surface area contributed by atoms with Crippen LogP contribution in [0.3, 0.4) is 0 Å². The number of aliphatic imine (C=N–C) groups is 1. The Balaban J connectivity index is 2.08. The van der Waals surface area contributed by atoms with Gasteiger partial charge in [0.1, 0.15) is 0 Å². The molecule has 1 aromatic rings. The number of hydrogen-bond donors (Lipinski definition) is 0. The minimum atomic E-state index is -0.576. The zero-order chi connectivity index (χ0) is 19.7. The summed E-state index contributed by atoms with van der Waals surface area (Å²) in [5.74, 6) is -0.254. The largest absolute Gasteiger partial charge is 0.462 e. The molecular weight excluding hydrogens is 384 g/mol. The molecule has 7 heteroatoms. The molecule has 27 heavy (non-hydrogen) atoms. The van der Waals surface area contributed by atoms with Gasteiger partial charge in [-0.15, -0.1) is 0 Å². The minimum absolute atomic E-state index is 0.0344. The highest BCUT2D eigenvalue weighted by Gasteiger charge is 2.47. The molecule has 2 aliphatic rings. The highest BCUT2D eigenvalue weighted by molar-refractivity contribution is 8.15. The van der Waals surface area contributed by atoms with Crippen molar-refractivity contribution in [1.82, 2.24) is 4.90 Å². The Morgan fingerprint density at radius 3 is 2.78 bits per heavy atom. The summed E-state index contributed by atoms with van der Waals surface area (Å²) in [7, 11) is 0. The molecule has 3 rings (SSSR count). The van der Waals surface area contributed by atoms with Crippen LogP contribution in [0.5, 0.6) is 0 Å². The second kappa shape index (κ2) is 8.07. The van der Waals surface area contributed by atoms with E-state index in [9.17, 15) is 9.59 Å². The van der Waals surface area contributed by atoms with Crippen LogP contribution in [0.2, 0.25) is 5.02 Å². The van der Waals surface area contributed by atoms with E-state index in [0.29, 0.717) is 34.5 Å². The van der Waals surface area contributed by atoms with Crippen LogP contribution in [0.15, 0.2) is 40.5 Å². The molecule has 0 aromatic heterocycles. The van der Waals surface area contributed by atoms with Gasteiger partial charge in [-0.25, -0.2) is 9.79 Å². The zero-order valence-corrected chi connectivity index (χ0v) is 17.4.